The SMILES string of the molecule is O=C(NCCOc1ccc(F)c(F)c1)N1C[C@@H]2CCC[C@@]2(C(=O)O)C1. The van der Waals surface area contributed by atoms with Crippen molar-refractivity contribution in [1.29, 1.82) is 0 Å². The lowest BCUT2D eigenvalue weighted by molar-refractivity contribution is -0.149. The summed E-state index contributed by atoms with van der Waals surface area (Å²) in [5, 5.41) is 12.2. The molecule has 1 saturated carbocycles. The fourth-order valence-corrected chi connectivity index (χ4v) is 3.80. The maximum atomic E-state index is 13.1. The number of rotatable bonds is 5. The number of nitrogens with zero attached hydrogens (tertiary/aromatic N) is 1. The van der Waals surface area contributed by atoms with E-state index in [2.05, 4.69) is 5.32 Å². The lowest BCUT2D eigenvalue weighted by atomic mass is 9.81. The van der Waals surface area contributed by atoms with Crippen LogP contribution in [0.4, 0.5) is 13.6 Å². The molecule has 2 N–H and O–H groups in total. The molecule has 0 spiro atoms. The summed E-state index contributed by atoms with van der Waals surface area (Å²) in [4.78, 5) is 25.4. The quantitative estimate of drug-likeness (QED) is 0.795. The van der Waals surface area contributed by atoms with Crippen molar-refractivity contribution in [3.63, 3.8) is 0 Å². The number of aliphatic carboxylic acids is 1. The van der Waals surface area contributed by atoms with Gasteiger partial charge in [-0.15, -0.1) is 0 Å². The van der Waals surface area contributed by atoms with Crippen molar-refractivity contribution < 1.29 is 28.2 Å². The van der Waals surface area contributed by atoms with Gasteiger partial charge in [0, 0.05) is 19.2 Å². The van der Waals surface area contributed by atoms with Gasteiger partial charge in [0.05, 0.1) is 12.0 Å². The molecule has 2 atom stereocenters. The first kappa shape index (κ1) is 17.4. The van der Waals surface area contributed by atoms with Crippen molar-refractivity contribution in [3.8, 4) is 5.75 Å². The smallest absolute Gasteiger partial charge is 0.317 e. The van der Waals surface area contributed by atoms with Crippen LogP contribution in [0.1, 0.15) is 19.3 Å². The molecule has 1 aliphatic heterocycles. The van der Waals surface area contributed by atoms with Crippen LogP contribution in [-0.2, 0) is 4.79 Å². The maximum absolute atomic E-state index is 13.1. The zero-order chi connectivity index (χ0) is 18.0. The molecule has 2 fully saturated rings. The lowest BCUT2D eigenvalue weighted by Crippen LogP contribution is -2.42. The molecular weight excluding hydrogens is 334 g/mol. The Labute approximate surface area is 143 Å². The molecule has 2 aliphatic rings. The predicted octanol–water partition coefficient (Wildman–Crippen LogP) is 2.24. The normalized spacial score (nSPS) is 24.9. The number of hydrogen-bond acceptors (Lipinski definition) is 3. The molecule has 1 heterocycles. The summed E-state index contributed by atoms with van der Waals surface area (Å²) in [5.41, 5.74) is -0.806. The molecule has 136 valence electrons. The van der Waals surface area contributed by atoms with Gasteiger partial charge in [0.25, 0.3) is 0 Å². The molecule has 0 bridgehead atoms. The van der Waals surface area contributed by atoms with E-state index < -0.39 is 23.0 Å². The number of ether oxygens (including phenoxy) is 1. The molecule has 2 amide bonds. The van der Waals surface area contributed by atoms with Gasteiger partial charge in [-0.3, -0.25) is 4.79 Å². The van der Waals surface area contributed by atoms with Gasteiger partial charge in [0.1, 0.15) is 12.4 Å². The lowest BCUT2D eigenvalue weighted by Gasteiger charge is -2.23. The zero-order valence-electron chi connectivity index (χ0n) is 13.6. The number of urea groups is 1. The van der Waals surface area contributed by atoms with Gasteiger partial charge in [-0.2, -0.15) is 0 Å². The minimum absolute atomic E-state index is 0.00851. The Morgan fingerprint density at radius 1 is 1.36 bits per heavy atom. The van der Waals surface area contributed by atoms with Gasteiger partial charge in [0.2, 0.25) is 0 Å². The first-order chi connectivity index (χ1) is 11.9. The summed E-state index contributed by atoms with van der Waals surface area (Å²) in [6.07, 6.45) is 2.32. The van der Waals surface area contributed by atoms with Gasteiger partial charge in [-0.25, -0.2) is 13.6 Å². The van der Waals surface area contributed by atoms with E-state index in [0.717, 1.165) is 25.0 Å². The number of carboxylic acid groups (broad SMARTS) is 1. The molecule has 25 heavy (non-hydrogen) atoms. The largest absolute Gasteiger partial charge is 0.492 e. The molecule has 0 radical (unpaired) electrons. The van der Waals surface area contributed by atoms with Crippen LogP contribution in [0.3, 0.4) is 0 Å². The second-order valence-corrected chi connectivity index (χ2v) is 6.59. The Morgan fingerprint density at radius 2 is 2.16 bits per heavy atom. The summed E-state index contributed by atoms with van der Waals surface area (Å²) >= 11 is 0. The van der Waals surface area contributed by atoms with Gasteiger partial charge >= 0.3 is 12.0 Å². The van der Waals surface area contributed by atoms with Crippen molar-refractivity contribution in [1.82, 2.24) is 10.2 Å². The Bertz CT molecular complexity index is 685. The van der Waals surface area contributed by atoms with Crippen LogP contribution in [-0.4, -0.2) is 48.2 Å². The molecule has 0 unspecified atom stereocenters. The van der Waals surface area contributed by atoms with Crippen LogP contribution in [0.5, 0.6) is 5.75 Å². The third-order valence-corrected chi connectivity index (χ3v) is 5.12. The van der Waals surface area contributed by atoms with Crippen LogP contribution in [0.2, 0.25) is 0 Å². The van der Waals surface area contributed by atoms with E-state index in [9.17, 15) is 23.5 Å². The molecule has 1 aromatic rings. The third kappa shape index (κ3) is 3.38. The van der Waals surface area contributed by atoms with Gasteiger partial charge in [-0.1, -0.05) is 6.42 Å². The Balaban J connectivity index is 1.46. The Kier molecular flexibility index (Phi) is 4.78. The highest BCUT2D eigenvalue weighted by Gasteiger charge is 2.55. The monoisotopic (exact) mass is 354 g/mol. The molecule has 1 saturated heterocycles. The van der Waals surface area contributed by atoms with E-state index in [-0.39, 0.29) is 37.4 Å². The topological polar surface area (TPSA) is 78.9 Å². The second-order valence-electron chi connectivity index (χ2n) is 6.59. The maximum Gasteiger partial charge on any atom is 0.317 e. The molecule has 6 nitrogen and oxygen atoms in total. The van der Waals surface area contributed by atoms with E-state index in [4.69, 9.17) is 4.74 Å². The number of fused-ring (bicyclic) bond motifs is 1. The van der Waals surface area contributed by atoms with Crippen LogP contribution in [0, 0.1) is 23.0 Å². The number of halogens is 2. The number of likely N-dealkylation sites (tertiary alicyclic amines) is 1. The van der Waals surface area contributed by atoms with E-state index >= 15 is 0 Å². The van der Waals surface area contributed by atoms with Crippen LogP contribution >= 0.6 is 0 Å². The van der Waals surface area contributed by atoms with Crippen LogP contribution in [0.15, 0.2) is 18.2 Å². The number of carbonyl (C=O) groups excluding carboxylic acids is 1. The summed E-state index contributed by atoms with van der Waals surface area (Å²) < 4.78 is 31.1. The molecular formula is C17H20F2N2O4. The van der Waals surface area contributed by atoms with E-state index in [1.165, 1.54) is 11.0 Å². The zero-order valence-corrected chi connectivity index (χ0v) is 13.6. The van der Waals surface area contributed by atoms with Crippen LogP contribution in [0.25, 0.3) is 0 Å². The predicted molar refractivity (Wildman–Crippen MR) is 84.2 cm³/mol. The molecule has 0 aromatic heterocycles. The van der Waals surface area contributed by atoms with Gasteiger partial charge in [0.15, 0.2) is 11.6 Å². The molecule has 8 heteroatoms. The van der Waals surface area contributed by atoms with Crippen molar-refractivity contribution in [2.45, 2.75) is 19.3 Å². The highest BCUT2D eigenvalue weighted by molar-refractivity contribution is 5.80. The Hall–Kier alpha value is -2.38. The third-order valence-electron chi connectivity index (χ3n) is 5.12. The molecule has 1 aliphatic carbocycles. The number of carbonyl (C=O) groups is 2. The highest BCUT2D eigenvalue weighted by atomic mass is 19.2. The Morgan fingerprint density at radius 3 is 2.84 bits per heavy atom. The van der Waals surface area contributed by atoms with Crippen molar-refractivity contribution >= 4 is 12.0 Å². The highest BCUT2D eigenvalue weighted by Crippen LogP contribution is 2.48. The molecule has 3 rings (SSSR count). The second kappa shape index (κ2) is 6.85. The van der Waals surface area contributed by atoms with Crippen molar-refractivity contribution in [3.05, 3.63) is 29.8 Å². The van der Waals surface area contributed by atoms with E-state index in [1.807, 2.05) is 0 Å². The average Bonchev–Trinajstić information content (AvgIpc) is 3.13. The van der Waals surface area contributed by atoms with Gasteiger partial charge in [-0.05, 0) is 30.9 Å². The van der Waals surface area contributed by atoms with E-state index in [1.54, 1.807) is 0 Å². The minimum Gasteiger partial charge on any atom is -0.492 e. The summed E-state index contributed by atoms with van der Waals surface area (Å²) in [6.45, 7) is 0.947. The fraction of sp³-hybridized carbons (Fsp3) is 0.529. The number of amides is 2. The number of carboxylic acids is 1. The van der Waals surface area contributed by atoms with Crippen LogP contribution < -0.4 is 10.1 Å². The number of nitrogens with one attached hydrogen (secondary N) is 1. The summed E-state index contributed by atoms with van der Waals surface area (Å²) in [6, 6.07) is 2.88. The van der Waals surface area contributed by atoms with Crippen molar-refractivity contribution in [2.75, 3.05) is 26.2 Å². The minimum atomic E-state index is -0.996. The first-order valence-electron chi connectivity index (χ1n) is 8.26. The summed E-state index contributed by atoms with van der Waals surface area (Å²) in [7, 11) is 0. The van der Waals surface area contributed by atoms with Crippen molar-refractivity contribution in [2.24, 2.45) is 11.3 Å². The summed E-state index contributed by atoms with van der Waals surface area (Å²) in [5.74, 6) is -2.59. The number of benzene rings is 1. The molecule has 1 aromatic carbocycles. The first-order valence-corrected chi connectivity index (χ1v) is 8.26. The standard InChI is InChI=1S/C17H20F2N2O4/c18-13-4-3-12(8-14(13)19)25-7-6-20-16(24)21-9-11-2-1-5-17(11,10-21)15(22)23/h3-4,8,11H,1-2,5-7,9-10H2,(H,20,24)(H,22,23)/t11-,17+/m0/s1. The fourth-order valence-electron chi connectivity index (χ4n) is 3.80. The average molecular weight is 354 g/mol. The number of hydrogen-bond donors (Lipinski definition) is 2. The van der Waals surface area contributed by atoms with Gasteiger partial charge < -0.3 is 20.1 Å². The van der Waals surface area contributed by atoms with E-state index in [0.29, 0.717) is 13.0 Å².